The number of ether oxygens (including phenoxy) is 4. The van der Waals surface area contributed by atoms with Crippen molar-refractivity contribution in [3.05, 3.63) is 0 Å². The minimum absolute atomic E-state index is 0.188. The molecule has 0 aromatic rings. The summed E-state index contributed by atoms with van der Waals surface area (Å²) in [6.45, 7) is -1.44. The summed E-state index contributed by atoms with van der Waals surface area (Å²) in [6.07, 6.45) is -20.7. The summed E-state index contributed by atoms with van der Waals surface area (Å²) in [5.41, 5.74) is 23.3. The maximum Gasteiger partial charge on any atom is 0.249 e. The number of carbonyl (C=O) groups is 1. The Kier molecular flexibility index (Phi) is 12.8. The Labute approximate surface area is 240 Å². The van der Waals surface area contributed by atoms with E-state index < -0.39 is 123 Å². The van der Waals surface area contributed by atoms with Gasteiger partial charge in [0.1, 0.15) is 67.1 Å². The van der Waals surface area contributed by atoms with E-state index in [0.717, 1.165) is 0 Å². The van der Waals surface area contributed by atoms with Crippen molar-refractivity contribution >= 4 is 5.91 Å². The van der Waals surface area contributed by atoms with Crippen LogP contribution in [0.1, 0.15) is 12.8 Å². The lowest BCUT2D eigenvalue weighted by Crippen LogP contribution is -2.69. The summed E-state index contributed by atoms with van der Waals surface area (Å²) < 4.78 is 22.5. The molecule has 0 radical (unpaired) electrons. The number of hydrogen-bond donors (Lipinski definition) is 14. The van der Waals surface area contributed by atoms with Gasteiger partial charge in [-0.2, -0.15) is 0 Å². The minimum atomic E-state index is -1.78. The molecule has 3 rings (SSSR count). The first-order valence-corrected chi connectivity index (χ1v) is 13.6. The molecule has 2 heterocycles. The SMILES string of the molecule is NC[C@H]1O[C@H](O[C@@H]2[C@@H](O)[C@H](O[C@H]3O[C@H](CO)[C@@H](O)[C@H](N)[C@H]3O)[C@@H](NC(=O)[C@@H](O)C[C@H](N)CO)C[C@H]2N)[C@H](O)[C@@H](O)[C@@H]1O. The molecule has 19 heteroatoms. The maximum absolute atomic E-state index is 12.8. The van der Waals surface area contributed by atoms with Crippen molar-refractivity contribution in [3.8, 4) is 0 Å². The van der Waals surface area contributed by atoms with Crippen LogP contribution in [0.4, 0.5) is 0 Å². The fourth-order valence-corrected chi connectivity index (χ4v) is 5.25. The molecule has 0 bridgehead atoms. The van der Waals surface area contributed by atoms with E-state index in [4.69, 9.17) is 47.0 Å². The van der Waals surface area contributed by atoms with Crippen molar-refractivity contribution in [3.63, 3.8) is 0 Å². The molecule has 17 atom stereocenters. The highest BCUT2D eigenvalue weighted by Gasteiger charge is 2.52. The normalized spacial score (nSPS) is 46.2. The first kappa shape index (κ1) is 35.3. The van der Waals surface area contributed by atoms with Gasteiger partial charge >= 0.3 is 0 Å². The second-order valence-corrected chi connectivity index (χ2v) is 10.9. The van der Waals surface area contributed by atoms with Crippen LogP contribution in [-0.2, 0) is 23.7 Å². The van der Waals surface area contributed by atoms with E-state index in [1.165, 1.54) is 0 Å². The molecule has 0 aromatic heterocycles. The van der Waals surface area contributed by atoms with Crippen LogP contribution < -0.4 is 28.3 Å². The van der Waals surface area contributed by atoms with Gasteiger partial charge < -0.3 is 93.2 Å². The lowest BCUT2D eigenvalue weighted by Gasteiger charge is -2.49. The third kappa shape index (κ3) is 7.71. The van der Waals surface area contributed by atoms with Gasteiger partial charge in [0.05, 0.1) is 25.3 Å². The summed E-state index contributed by atoms with van der Waals surface area (Å²) in [5.74, 6) is -0.948. The van der Waals surface area contributed by atoms with Crippen LogP contribution in [0.5, 0.6) is 0 Å². The molecular formula is C23H45N5O14. The number of aliphatic hydroxyl groups is 9. The van der Waals surface area contributed by atoms with Crippen LogP contribution in [0.3, 0.4) is 0 Å². The van der Waals surface area contributed by atoms with Crippen LogP contribution in [0.15, 0.2) is 0 Å². The van der Waals surface area contributed by atoms with Gasteiger partial charge in [0.15, 0.2) is 12.6 Å². The average Bonchev–Trinajstić information content (AvgIpc) is 2.96. The number of carbonyl (C=O) groups excluding carboxylic acids is 1. The van der Waals surface area contributed by atoms with E-state index in [1.54, 1.807) is 0 Å². The highest BCUT2D eigenvalue weighted by atomic mass is 16.7. The Balaban J connectivity index is 1.85. The highest BCUT2D eigenvalue weighted by Crippen LogP contribution is 2.32. The predicted octanol–water partition coefficient (Wildman–Crippen LogP) is -9.06. The van der Waals surface area contributed by atoms with Crippen LogP contribution in [0, 0.1) is 0 Å². The van der Waals surface area contributed by atoms with Gasteiger partial charge in [0, 0.05) is 18.6 Å². The second kappa shape index (κ2) is 15.2. The molecule has 19 nitrogen and oxygen atoms in total. The van der Waals surface area contributed by atoms with Crippen molar-refractivity contribution in [1.29, 1.82) is 0 Å². The first-order valence-electron chi connectivity index (χ1n) is 13.6. The van der Waals surface area contributed by atoms with Gasteiger partial charge in [0.2, 0.25) is 5.91 Å². The number of nitrogens with one attached hydrogen (secondary N) is 1. The Morgan fingerprint density at radius 3 is 2.05 bits per heavy atom. The van der Waals surface area contributed by atoms with Gasteiger partial charge in [0.25, 0.3) is 0 Å². The topological polar surface area (TPSA) is 352 Å². The summed E-state index contributed by atoms with van der Waals surface area (Å²) in [4.78, 5) is 12.8. The van der Waals surface area contributed by atoms with Gasteiger partial charge in [-0.15, -0.1) is 0 Å². The molecule has 0 aromatic carbocycles. The molecule has 18 N–H and O–H groups in total. The van der Waals surface area contributed by atoms with E-state index >= 15 is 0 Å². The molecule has 2 aliphatic heterocycles. The first-order chi connectivity index (χ1) is 19.7. The van der Waals surface area contributed by atoms with E-state index in [0.29, 0.717) is 0 Å². The maximum atomic E-state index is 12.8. The van der Waals surface area contributed by atoms with Gasteiger partial charge in [-0.25, -0.2) is 0 Å². The third-order valence-electron chi connectivity index (χ3n) is 7.83. The van der Waals surface area contributed by atoms with Gasteiger partial charge in [-0.05, 0) is 12.8 Å². The zero-order chi connectivity index (χ0) is 31.5. The Bertz CT molecular complexity index is 862. The molecule has 3 aliphatic rings. The van der Waals surface area contributed by atoms with Crippen molar-refractivity contribution in [1.82, 2.24) is 5.32 Å². The van der Waals surface area contributed by atoms with Crippen molar-refractivity contribution in [2.75, 3.05) is 19.8 Å². The number of rotatable bonds is 11. The number of nitrogens with two attached hydrogens (primary N) is 4. The Morgan fingerprint density at radius 1 is 0.857 bits per heavy atom. The average molecular weight is 616 g/mol. The van der Waals surface area contributed by atoms with Gasteiger partial charge in [-0.3, -0.25) is 4.79 Å². The zero-order valence-corrected chi connectivity index (χ0v) is 22.7. The van der Waals surface area contributed by atoms with Gasteiger partial charge in [-0.1, -0.05) is 0 Å². The van der Waals surface area contributed by atoms with Crippen LogP contribution in [0.2, 0.25) is 0 Å². The molecule has 246 valence electrons. The lowest BCUT2D eigenvalue weighted by atomic mass is 9.83. The summed E-state index contributed by atoms with van der Waals surface area (Å²) in [6, 6.07) is -4.51. The minimum Gasteiger partial charge on any atom is -0.395 e. The molecule has 3 fully saturated rings. The van der Waals surface area contributed by atoms with Crippen molar-refractivity contribution in [2.45, 2.75) is 117 Å². The fourth-order valence-electron chi connectivity index (χ4n) is 5.25. The number of hydrogen-bond acceptors (Lipinski definition) is 18. The second-order valence-electron chi connectivity index (χ2n) is 10.9. The molecular weight excluding hydrogens is 570 g/mol. The van der Waals surface area contributed by atoms with Crippen LogP contribution in [-0.4, -0.2) is 176 Å². The summed E-state index contributed by atoms with van der Waals surface area (Å²) >= 11 is 0. The molecule has 1 aliphatic carbocycles. The predicted molar refractivity (Wildman–Crippen MR) is 137 cm³/mol. The van der Waals surface area contributed by atoms with Crippen molar-refractivity contribution < 1.29 is 69.7 Å². The Hall–Kier alpha value is -1.21. The van der Waals surface area contributed by atoms with E-state index in [1.807, 2.05) is 0 Å². The van der Waals surface area contributed by atoms with E-state index in [2.05, 4.69) is 5.32 Å². The lowest BCUT2D eigenvalue weighted by molar-refractivity contribution is -0.332. The van der Waals surface area contributed by atoms with E-state index in [-0.39, 0.29) is 19.4 Å². The zero-order valence-electron chi connectivity index (χ0n) is 22.7. The molecule has 42 heavy (non-hydrogen) atoms. The summed E-state index contributed by atoms with van der Waals surface area (Å²) in [5, 5.41) is 94.3. The number of amides is 1. The molecule has 1 amide bonds. The fraction of sp³-hybridized carbons (Fsp3) is 0.957. The molecule has 1 saturated carbocycles. The molecule has 0 spiro atoms. The monoisotopic (exact) mass is 615 g/mol. The molecule has 0 unspecified atom stereocenters. The quantitative estimate of drug-likeness (QED) is 0.102. The smallest absolute Gasteiger partial charge is 0.249 e. The largest absolute Gasteiger partial charge is 0.395 e. The molecule has 2 saturated heterocycles. The van der Waals surface area contributed by atoms with Crippen LogP contribution in [0.25, 0.3) is 0 Å². The van der Waals surface area contributed by atoms with Crippen molar-refractivity contribution in [2.24, 2.45) is 22.9 Å². The third-order valence-corrected chi connectivity index (χ3v) is 7.83. The summed E-state index contributed by atoms with van der Waals surface area (Å²) in [7, 11) is 0. The Morgan fingerprint density at radius 2 is 1.45 bits per heavy atom. The highest BCUT2D eigenvalue weighted by molar-refractivity contribution is 5.80. The standard InChI is InChI=1S/C23H45N5O14/c24-3-10-14(33)16(35)17(36)23(39-10)41-19-7(26)2-8(28-21(38)9(31)1-6(25)4-29)20(18(19)37)42-22-15(34)12(27)13(32)11(5-30)40-22/h6-20,22-23,29-37H,1-5,24-27H2,(H,28,38)/t6-,7+,8-,9-,10+,11+,12-,13+,14+,15+,16-,17+,18+,19-,20+,22+,23+/m0/s1. The van der Waals surface area contributed by atoms with E-state index in [9.17, 15) is 45.6 Å². The number of aliphatic hydroxyl groups excluding tert-OH is 9. The van der Waals surface area contributed by atoms with Crippen LogP contribution >= 0.6 is 0 Å².